The minimum absolute atomic E-state index is 0.0385. The molecule has 1 aliphatic heterocycles. The summed E-state index contributed by atoms with van der Waals surface area (Å²) in [6, 6.07) is -2.62. The number of alkyl carbamates (subject to hydrolysis) is 1. The largest absolute Gasteiger partial charge is 0.444 e. The van der Waals surface area contributed by atoms with Crippen LogP contribution >= 0.6 is 0 Å². The first-order chi connectivity index (χ1) is 19.1. The van der Waals surface area contributed by atoms with Crippen molar-refractivity contribution >= 4 is 29.6 Å². The molecular weight excluding hydrogens is 524 g/mol. The molecule has 0 radical (unpaired) electrons. The molecule has 5 atom stereocenters. The molecule has 3 rings (SSSR count). The predicted molar refractivity (Wildman–Crippen MR) is 156 cm³/mol. The molecule has 3 fully saturated rings. The van der Waals surface area contributed by atoms with E-state index in [4.69, 9.17) is 4.74 Å². The number of hydrogen-bond donors (Lipinski definition) is 3. The first-order valence-electron chi connectivity index (χ1n) is 15.1. The zero-order chi connectivity index (χ0) is 30.7. The molecule has 0 aromatic heterocycles. The number of nitrogens with one attached hydrogen (secondary N) is 3. The molecule has 10 heteroatoms. The zero-order valence-electron chi connectivity index (χ0n) is 25.9. The summed E-state index contributed by atoms with van der Waals surface area (Å²) in [5.41, 5.74) is -0.863. The number of fused-ring (bicyclic) bond motifs is 1. The Morgan fingerprint density at radius 1 is 1.05 bits per heavy atom. The molecule has 0 aromatic carbocycles. The molecule has 10 nitrogen and oxygen atoms in total. The molecule has 3 N–H and O–H groups in total. The van der Waals surface area contributed by atoms with Crippen molar-refractivity contribution < 1.29 is 28.7 Å². The van der Waals surface area contributed by atoms with E-state index in [1.54, 1.807) is 25.7 Å². The van der Waals surface area contributed by atoms with Crippen LogP contribution in [0.4, 0.5) is 4.79 Å². The van der Waals surface area contributed by atoms with E-state index in [1.165, 1.54) is 6.08 Å². The van der Waals surface area contributed by atoms with Gasteiger partial charge in [0.2, 0.25) is 17.6 Å². The lowest BCUT2D eigenvalue weighted by Crippen LogP contribution is -2.60. The topological polar surface area (TPSA) is 134 Å². The average Bonchev–Trinajstić information content (AvgIpc) is 3.21. The van der Waals surface area contributed by atoms with Crippen LogP contribution in [0.25, 0.3) is 0 Å². The molecule has 1 heterocycles. The summed E-state index contributed by atoms with van der Waals surface area (Å²) in [5, 5.41) is 8.18. The Labute approximate surface area is 244 Å². The highest BCUT2D eigenvalue weighted by molar-refractivity contribution is 6.38. The van der Waals surface area contributed by atoms with Crippen LogP contribution < -0.4 is 16.0 Å². The molecule has 0 bridgehead atoms. The maximum atomic E-state index is 14.2. The van der Waals surface area contributed by atoms with Gasteiger partial charge in [-0.15, -0.1) is 6.58 Å². The van der Waals surface area contributed by atoms with Gasteiger partial charge in [-0.25, -0.2) is 4.79 Å². The minimum Gasteiger partial charge on any atom is -0.444 e. The Bertz CT molecular complexity index is 1030. The molecule has 1 unspecified atom stereocenters. The molecular formula is C31H50N4O6. The van der Waals surface area contributed by atoms with E-state index < -0.39 is 47.4 Å². The summed E-state index contributed by atoms with van der Waals surface area (Å²) in [6.45, 7) is 17.4. The standard InChI is InChI=1S/C31H50N4O6/c1-9-15-32-27(38)25(36)21(16-18(2)3)33-26(37)24-22-20(31(22,7)8)17-35(24)28(39)23(19-13-11-10-12-14-19)34-29(40)41-30(4,5)6/h9,18-24H,1,10-17H2,2-8H3,(H,32,38)(H,33,37)(H,34,40)/t20-,21?,22-,23-,24-/m0/s1. The van der Waals surface area contributed by atoms with E-state index >= 15 is 0 Å². The van der Waals surface area contributed by atoms with Crippen molar-refractivity contribution in [3.8, 4) is 0 Å². The second kappa shape index (κ2) is 12.9. The average molecular weight is 575 g/mol. The van der Waals surface area contributed by atoms with Crippen molar-refractivity contribution in [3.05, 3.63) is 12.7 Å². The van der Waals surface area contributed by atoms with Crippen LogP contribution in [0.2, 0.25) is 0 Å². The molecule has 41 heavy (non-hydrogen) atoms. The van der Waals surface area contributed by atoms with E-state index in [9.17, 15) is 24.0 Å². The van der Waals surface area contributed by atoms with Gasteiger partial charge in [0.1, 0.15) is 17.7 Å². The Hall–Kier alpha value is -2.91. The molecule has 2 saturated carbocycles. The van der Waals surface area contributed by atoms with Gasteiger partial charge in [0, 0.05) is 13.1 Å². The second-order valence-corrected chi connectivity index (χ2v) is 14.0. The zero-order valence-corrected chi connectivity index (χ0v) is 25.9. The monoisotopic (exact) mass is 574 g/mol. The first kappa shape index (κ1) is 32.6. The summed E-state index contributed by atoms with van der Waals surface area (Å²) in [7, 11) is 0. The third-order valence-electron chi connectivity index (χ3n) is 8.79. The van der Waals surface area contributed by atoms with Crippen LogP contribution in [0.5, 0.6) is 0 Å². The Morgan fingerprint density at radius 2 is 1.68 bits per heavy atom. The fraction of sp³-hybridized carbons (Fsp3) is 0.774. The van der Waals surface area contributed by atoms with E-state index in [-0.39, 0.29) is 48.0 Å². The van der Waals surface area contributed by atoms with Crippen LogP contribution in [0.15, 0.2) is 12.7 Å². The van der Waals surface area contributed by atoms with Crippen molar-refractivity contribution in [2.45, 2.75) is 111 Å². The highest BCUT2D eigenvalue weighted by atomic mass is 16.6. The summed E-state index contributed by atoms with van der Waals surface area (Å²) < 4.78 is 5.49. The number of likely N-dealkylation sites (tertiary alicyclic amines) is 1. The van der Waals surface area contributed by atoms with Crippen molar-refractivity contribution in [3.63, 3.8) is 0 Å². The fourth-order valence-corrected chi connectivity index (χ4v) is 6.65. The van der Waals surface area contributed by atoms with Crippen molar-refractivity contribution in [1.82, 2.24) is 20.9 Å². The Morgan fingerprint density at radius 3 is 2.24 bits per heavy atom. The predicted octanol–water partition coefficient (Wildman–Crippen LogP) is 3.35. The number of piperidine rings is 1. The van der Waals surface area contributed by atoms with Gasteiger partial charge in [-0.2, -0.15) is 0 Å². The Balaban J connectivity index is 1.85. The van der Waals surface area contributed by atoms with Gasteiger partial charge in [-0.1, -0.05) is 53.0 Å². The minimum atomic E-state index is -1.01. The highest BCUT2D eigenvalue weighted by Crippen LogP contribution is 2.65. The Kier molecular flexibility index (Phi) is 10.3. The van der Waals surface area contributed by atoms with Crippen LogP contribution in [-0.4, -0.2) is 71.3 Å². The SMILES string of the molecule is C=CCNC(=O)C(=O)C(CC(C)C)NC(=O)[C@@H]1[C@@H]2[C@H](CN1C(=O)[C@@H](NC(=O)OC(C)(C)C)C1CCCCC1)C2(C)C. The van der Waals surface area contributed by atoms with Gasteiger partial charge >= 0.3 is 6.09 Å². The smallest absolute Gasteiger partial charge is 0.408 e. The fourth-order valence-electron chi connectivity index (χ4n) is 6.65. The lowest BCUT2D eigenvalue weighted by Gasteiger charge is -2.37. The number of ether oxygens (including phenoxy) is 1. The van der Waals surface area contributed by atoms with Crippen molar-refractivity contribution in [2.75, 3.05) is 13.1 Å². The van der Waals surface area contributed by atoms with E-state index in [0.29, 0.717) is 6.54 Å². The summed E-state index contributed by atoms with van der Waals surface area (Å²) >= 11 is 0. The molecule has 2 aliphatic carbocycles. The summed E-state index contributed by atoms with van der Waals surface area (Å²) in [5.74, 6) is -2.19. The molecule has 4 amide bonds. The normalized spacial score (nSPS) is 25.0. The maximum Gasteiger partial charge on any atom is 0.408 e. The van der Waals surface area contributed by atoms with E-state index in [2.05, 4.69) is 36.4 Å². The number of Topliss-reactive ketones (excluding diaryl/α,β-unsaturated/α-hetero) is 1. The van der Waals surface area contributed by atoms with Gasteiger partial charge in [0.15, 0.2) is 0 Å². The third kappa shape index (κ3) is 7.89. The van der Waals surface area contributed by atoms with Gasteiger partial charge < -0.3 is 25.6 Å². The van der Waals surface area contributed by atoms with Crippen molar-refractivity contribution in [2.24, 2.45) is 29.1 Å². The third-order valence-corrected chi connectivity index (χ3v) is 8.79. The van der Waals surface area contributed by atoms with Gasteiger partial charge in [-0.05, 0) is 69.1 Å². The lowest BCUT2D eigenvalue weighted by molar-refractivity contribution is -0.145. The molecule has 0 spiro atoms. The van der Waals surface area contributed by atoms with Crippen LogP contribution in [-0.2, 0) is 23.9 Å². The number of rotatable bonds is 11. The number of ketones is 1. The van der Waals surface area contributed by atoms with E-state index in [0.717, 1.165) is 32.1 Å². The molecule has 230 valence electrons. The number of hydrogen-bond acceptors (Lipinski definition) is 6. The molecule has 3 aliphatic rings. The summed E-state index contributed by atoms with van der Waals surface area (Å²) in [4.78, 5) is 68.0. The van der Waals surface area contributed by atoms with Crippen LogP contribution in [0, 0.1) is 29.1 Å². The second-order valence-electron chi connectivity index (χ2n) is 14.0. The number of amides is 4. The van der Waals surface area contributed by atoms with Gasteiger partial charge in [0.25, 0.3) is 5.91 Å². The highest BCUT2D eigenvalue weighted by Gasteiger charge is 2.69. The maximum absolute atomic E-state index is 14.2. The number of nitrogens with zero attached hydrogens (tertiary/aromatic N) is 1. The first-order valence-corrected chi connectivity index (χ1v) is 15.1. The van der Waals surface area contributed by atoms with Gasteiger partial charge in [0.05, 0.1) is 6.04 Å². The number of carbonyl (C=O) groups excluding carboxylic acids is 5. The van der Waals surface area contributed by atoms with E-state index in [1.807, 2.05) is 13.8 Å². The molecule has 1 saturated heterocycles. The quantitative estimate of drug-likeness (QED) is 0.256. The summed E-state index contributed by atoms with van der Waals surface area (Å²) in [6.07, 6.45) is 5.75. The van der Waals surface area contributed by atoms with Crippen LogP contribution in [0.3, 0.4) is 0 Å². The van der Waals surface area contributed by atoms with Crippen molar-refractivity contribution in [1.29, 1.82) is 0 Å². The number of carbonyl (C=O) groups is 5. The lowest BCUT2D eigenvalue weighted by atomic mass is 9.83. The van der Waals surface area contributed by atoms with Gasteiger partial charge in [-0.3, -0.25) is 19.2 Å². The molecule has 0 aromatic rings. The van der Waals surface area contributed by atoms with Crippen LogP contribution in [0.1, 0.15) is 87.0 Å².